The van der Waals surface area contributed by atoms with Crippen LogP contribution in [0, 0.1) is 0 Å². The number of amides is 1. The number of anilines is 1. The van der Waals surface area contributed by atoms with E-state index in [1.54, 1.807) is 6.07 Å². The normalized spacial score (nSPS) is 12.9. The maximum absolute atomic E-state index is 12.7. The third kappa shape index (κ3) is 5.68. The number of hydrogen-bond acceptors (Lipinski definition) is 4. The van der Waals surface area contributed by atoms with Crippen LogP contribution in [0.5, 0.6) is 0 Å². The molecule has 0 atom stereocenters. The summed E-state index contributed by atoms with van der Waals surface area (Å²) < 4.78 is 42.9. The Morgan fingerprint density at radius 1 is 0.967 bits per heavy atom. The van der Waals surface area contributed by atoms with Crippen molar-refractivity contribution in [2.24, 2.45) is 0 Å². The fraction of sp³-hybridized carbons (Fsp3) is 0.318. The Labute approximate surface area is 171 Å². The number of aryl methyl sites for hydroxylation is 2. The van der Waals surface area contributed by atoms with Crippen LogP contribution in [0.25, 0.3) is 0 Å². The first kappa shape index (κ1) is 21.5. The maximum Gasteiger partial charge on any atom is 0.416 e. The monoisotopic (exact) mass is 419 g/mol. The highest BCUT2D eigenvalue weighted by molar-refractivity contribution is 5.98. The lowest BCUT2D eigenvalue weighted by Gasteiger charge is -2.10. The quantitative estimate of drug-likeness (QED) is 0.535. The molecular formula is C22H20F3NO4. The molecule has 2 aromatic rings. The highest BCUT2D eigenvalue weighted by Crippen LogP contribution is 2.30. The van der Waals surface area contributed by atoms with Crippen molar-refractivity contribution in [2.75, 3.05) is 11.9 Å². The molecule has 158 valence electrons. The van der Waals surface area contributed by atoms with Gasteiger partial charge >= 0.3 is 12.1 Å². The molecular weight excluding hydrogens is 399 g/mol. The summed E-state index contributed by atoms with van der Waals surface area (Å²) in [4.78, 5) is 35.9. The zero-order valence-corrected chi connectivity index (χ0v) is 16.1. The van der Waals surface area contributed by atoms with Gasteiger partial charge in [-0.05, 0) is 54.7 Å². The van der Waals surface area contributed by atoms with Gasteiger partial charge in [0.15, 0.2) is 12.4 Å². The van der Waals surface area contributed by atoms with Gasteiger partial charge < -0.3 is 10.1 Å². The van der Waals surface area contributed by atoms with Crippen molar-refractivity contribution in [1.29, 1.82) is 0 Å². The van der Waals surface area contributed by atoms with Crippen LogP contribution in [-0.2, 0) is 33.3 Å². The van der Waals surface area contributed by atoms with Crippen LogP contribution < -0.4 is 5.32 Å². The van der Waals surface area contributed by atoms with Gasteiger partial charge in [0.05, 0.1) is 12.0 Å². The van der Waals surface area contributed by atoms with Crippen LogP contribution in [0.15, 0.2) is 42.5 Å². The third-order valence-corrected chi connectivity index (χ3v) is 4.81. The second-order valence-corrected chi connectivity index (χ2v) is 7.05. The number of carbonyl (C=O) groups excluding carboxylic acids is 3. The number of rotatable bonds is 7. The highest BCUT2D eigenvalue weighted by atomic mass is 19.4. The van der Waals surface area contributed by atoms with Crippen molar-refractivity contribution in [3.8, 4) is 0 Å². The number of ether oxygens (including phenoxy) is 1. The van der Waals surface area contributed by atoms with E-state index in [9.17, 15) is 27.6 Å². The zero-order valence-electron chi connectivity index (χ0n) is 16.1. The zero-order chi connectivity index (χ0) is 21.7. The van der Waals surface area contributed by atoms with Gasteiger partial charge in [-0.2, -0.15) is 13.2 Å². The lowest BCUT2D eigenvalue weighted by molar-refractivity contribution is -0.147. The van der Waals surface area contributed by atoms with Gasteiger partial charge in [-0.3, -0.25) is 14.4 Å². The number of halogens is 3. The van der Waals surface area contributed by atoms with Crippen molar-refractivity contribution >= 4 is 23.3 Å². The van der Waals surface area contributed by atoms with E-state index in [4.69, 9.17) is 4.74 Å². The van der Waals surface area contributed by atoms with Crippen LogP contribution in [0.4, 0.5) is 18.9 Å². The van der Waals surface area contributed by atoms with Crippen LogP contribution in [0.3, 0.4) is 0 Å². The molecule has 0 saturated heterocycles. The maximum atomic E-state index is 12.7. The fourth-order valence-corrected chi connectivity index (χ4v) is 3.29. The summed E-state index contributed by atoms with van der Waals surface area (Å²) in [6.07, 6.45) is -1.74. The molecule has 1 N–H and O–H groups in total. The Morgan fingerprint density at radius 2 is 1.73 bits per heavy atom. The van der Waals surface area contributed by atoms with E-state index in [1.807, 2.05) is 12.1 Å². The molecule has 30 heavy (non-hydrogen) atoms. The summed E-state index contributed by atoms with van der Waals surface area (Å²) in [6, 6.07) is 9.67. The van der Waals surface area contributed by atoms with Crippen LogP contribution >= 0.6 is 0 Å². The number of alkyl halides is 3. The highest BCUT2D eigenvalue weighted by Gasteiger charge is 2.30. The standard InChI is InChI=1S/C22H20F3NO4/c23-22(24,25)17-5-2-6-18(12-17)26-20(28)13-30-21(29)10-9-19(27)16-8-7-14-3-1-4-15(14)11-16/h2,5-8,11-12H,1,3-4,9-10,13H2,(H,26,28). The SMILES string of the molecule is O=C(COC(=O)CCC(=O)c1ccc2c(c1)CCC2)Nc1cccc(C(F)(F)F)c1. The molecule has 0 spiro atoms. The minimum Gasteiger partial charge on any atom is -0.456 e. The molecule has 0 radical (unpaired) electrons. The Morgan fingerprint density at radius 3 is 2.50 bits per heavy atom. The van der Waals surface area contributed by atoms with E-state index in [-0.39, 0.29) is 24.3 Å². The molecule has 2 aromatic carbocycles. The van der Waals surface area contributed by atoms with E-state index in [0.29, 0.717) is 5.56 Å². The third-order valence-electron chi connectivity index (χ3n) is 4.81. The Hall–Kier alpha value is -3.16. The molecule has 3 rings (SSSR count). The lowest BCUT2D eigenvalue weighted by atomic mass is 10.0. The fourth-order valence-electron chi connectivity index (χ4n) is 3.29. The predicted molar refractivity (Wildman–Crippen MR) is 103 cm³/mol. The molecule has 5 nitrogen and oxygen atoms in total. The summed E-state index contributed by atoms with van der Waals surface area (Å²) in [7, 11) is 0. The summed E-state index contributed by atoms with van der Waals surface area (Å²) >= 11 is 0. The summed E-state index contributed by atoms with van der Waals surface area (Å²) in [5.41, 5.74) is 2.00. The Bertz CT molecular complexity index is 969. The number of benzene rings is 2. The summed E-state index contributed by atoms with van der Waals surface area (Å²) in [5.74, 6) is -1.69. The molecule has 1 aliphatic carbocycles. The first-order valence-electron chi connectivity index (χ1n) is 9.50. The van der Waals surface area contributed by atoms with Crippen molar-refractivity contribution in [1.82, 2.24) is 0 Å². The largest absolute Gasteiger partial charge is 0.456 e. The molecule has 0 unspecified atom stereocenters. The predicted octanol–water partition coefficient (Wildman–Crippen LogP) is 4.34. The molecule has 0 aliphatic heterocycles. The van der Waals surface area contributed by atoms with E-state index < -0.39 is 30.2 Å². The van der Waals surface area contributed by atoms with E-state index in [2.05, 4.69) is 5.32 Å². The second-order valence-electron chi connectivity index (χ2n) is 7.05. The molecule has 1 aliphatic rings. The first-order valence-corrected chi connectivity index (χ1v) is 9.50. The minimum absolute atomic E-state index is 0.0487. The van der Waals surface area contributed by atoms with Crippen molar-refractivity contribution < 1.29 is 32.3 Å². The van der Waals surface area contributed by atoms with Crippen LogP contribution in [-0.4, -0.2) is 24.3 Å². The second kappa shape index (κ2) is 9.11. The Balaban J connectivity index is 1.43. The van der Waals surface area contributed by atoms with Gasteiger partial charge in [-0.1, -0.05) is 18.2 Å². The molecule has 0 fully saturated rings. The van der Waals surface area contributed by atoms with Gasteiger partial charge in [-0.25, -0.2) is 0 Å². The number of fused-ring (bicyclic) bond motifs is 1. The molecule has 1 amide bonds. The average Bonchev–Trinajstić information content (AvgIpc) is 3.18. The number of ketones is 1. The average molecular weight is 419 g/mol. The summed E-state index contributed by atoms with van der Waals surface area (Å²) in [6.45, 7) is -0.651. The van der Waals surface area contributed by atoms with Crippen molar-refractivity contribution in [3.05, 3.63) is 64.7 Å². The molecule has 0 saturated carbocycles. The van der Waals surface area contributed by atoms with Gasteiger partial charge in [0, 0.05) is 17.7 Å². The smallest absolute Gasteiger partial charge is 0.416 e. The lowest BCUT2D eigenvalue weighted by Crippen LogP contribution is -2.21. The Kier molecular flexibility index (Phi) is 6.54. The van der Waals surface area contributed by atoms with Gasteiger partial charge in [-0.15, -0.1) is 0 Å². The molecule has 0 heterocycles. The summed E-state index contributed by atoms with van der Waals surface area (Å²) in [5, 5.41) is 2.24. The van der Waals surface area contributed by atoms with Crippen molar-refractivity contribution in [2.45, 2.75) is 38.3 Å². The number of nitrogens with one attached hydrogen (secondary N) is 1. The molecule has 0 aromatic heterocycles. The van der Waals surface area contributed by atoms with Gasteiger partial charge in [0.2, 0.25) is 0 Å². The topological polar surface area (TPSA) is 72.5 Å². The molecule has 8 heteroatoms. The van der Waals surface area contributed by atoms with E-state index in [1.165, 1.54) is 11.6 Å². The van der Waals surface area contributed by atoms with Gasteiger partial charge in [0.25, 0.3) is 5.91 Å². The van der Waals surface area contributed by atoms with Crippen molar-refractivity contribution in [3.63, 3.8) is 0 Å². The number of Topliss-reactive ketones (excluding diaryl/α,β-unsaturated/α-hetero) is 1. The van der Waals surface area contributed by atoms with E-state index >= 15 is 0 Å². The number of hydrogen-bond donors (Lipinski definition) is 1. The minimum atomic E-state index is -4.53. The number of esters is 1. The van der Waals surface area contributed by atoms with Gasteiger partial charge in [0.1, 0.15) is 0 Å². The van der Waals surface area contributed by atoms with Crippen LogP contribution in [0.1, 0.15) is 46.3 Å². The molecule has 0 bridgehead atoms. The number of carbonyl (C=O) groups is 3. The van der Waals surface area contributed by atoms with E-state index in [0.717, 1.165) is 43.0 Å². The first-order chi connectivity index (χ1) is 14.2. The van der Waals surface area contributed by atoms with Crippen LogP contribution in [0.2, 0.25) is 0 Å².